The highest BCUT2D eigenvalue weighted by Gasteiger charge is 2.21. The SMILES string of the molecule is CN=C(NCc1ccc(N2CCCC2=O)cc1)NCc1cccc(CN2CCOC(C)C2)c1.I. The molecule has 2 aliphatic heterocycles. The number of anilines is 1. The molecule has 0 aliphatic carbocycles. The summed E-state index contributed by atoms with van der Waals surface area (Å²) in [7, 11) is 1.79. The minimum Gasteiger partial charge on any atom is -0.376 e. The first-order chi connectivity index (χ1) is 16.1. The molecule has 0 spiro atoms. The molecule has 7 nitrogen and oxygen atoms in total. The molecule has 2 saturated heterocycles. The fraction of sp³-hybridized carbons (Fsp3) is 0.462. The van der Waals surface area contributed by atoms with Gasteiger partial charge < -0.3 is 20.3 Å². The largest absolute Gasteiger partial charge is 0.376 e. The van der Waals surface area contributed by atoms with Crippen LogP contribution in [0, 0.1) is 0 Å². The number of aliphatic imine (C=N–C) groups is 1. The lowest BCUT2D eigenvalue weighted by molar-refractivity contribution is -0.117. The zero-order valence-corrected chi connectivity index (χ0v) is 22.5. The van der Waals surface area contributed by atoms with Gasteiger partial charge in [-0.3, -0.25) is 14.7 Å². The van der Waals surface area contributed by atoms with Gasteiger partial charge in [-0.15, -0.1) is 24.0 Å². The average Bonchev–Trinajstić information content (AvgIpc) is 3.26. The molecule has 1 amide bonds. The number of ether oxygens (including phenoxy) is 1. The standard InChI is InChI=1S/C26H35N5O2.HI/c1-20-18-30(13-14-33-20)19-23-6-3-5-22(15-23)17-29-26(27-2)28-16-21-8-10-24(11-9-21)31-12-4-7-25(31)32;/h3,5-6,8-11,15,20H,4,7,12-14,16-19H2,1-2H3,(H2,27,28,29);1H. The Labute approximate surface area is 220 Å². The lowest BCUT2D eigenvalue weighted by atomic mass is 10.1. The predicted molar refractivity (Wildman–Crippen MR) is 148 cm³/mol. The number of amides is 1. The van der Waals surface area contributed by atoms with Gasteiger partial charge in [0.15, 0.2) is 5.96 Å². The molecule has 184 valence electrons. The van der Waals surface area contributed by atoms with Gasteiger partial charge in [0, 0.05) is 58.4 Å². The Morgan fingerprint density at radius 3 is 2.47 bits per heavy atom. The van der Waals surface area contributed by atoms with Crippen LogP contribution in [-0.2, 0) is 29.2 Å². The third kappa shape index (κ3) is 7.41. The van der Waals surface area contributed by atoms with Crippen LogP contribution in [0.3, 0.4) is 0 Å². The zero-order valence-electron chi connectivity index (χ0n) is 20.1. The smallest absolute Gasteiger partial charge is 0.227 e. The van der Waals surface area contributed by atoms with E-state index < -0.39 is 0 Å². The number of nitrogens with zero attached hydrogens (tertiary/aromatic N) is 3. The van der Waals surface area contributed by atoms with Crippen molar-refractivity contribution in [1.82, 2.24) is 15.5 Å². The highest BCUT2D eigenvalue weighted by Crippen LogP contribution is 2.21. The lowest BCUT2D eigenvalue weighted by Gasteiger charge is -2.31. The number of guanidine groups is 1. The summed E-state index contributed by atoms with van der Waals surface area (Å²) in [6.07, 6.45) is 1.90. The van der Waals surface area contributed by atoms with Crippen LogP contribution in [0.5, 0.6) is 0 Å². The van der Waals surface area contributed by atoms with Gasteiger partial charge in [0.05, 0.1) is 12.7 Å². The third-order valence-electron chi connectivity index (χ3n) is 6.19. The van der Waals surface area contributed by atoms with Crippen LogP contribution in [0.15, 0.2) is 53.5 Å². The van der Waals surface area contributed by atoms with Crippen LogP contribution in [0.1, 0.15) is 36.5 Å². The van der Waals surface area contributed by atoms with Crippen LogP contribution < -0.4 is 15.5 Å². The van der Waals surface area contributed by atoms with Gasteiger partial charge in [0.25, 0.3) is 0 Å². The second-order valence-electron chi connectivity index (χ2n) is 8.83. The number of carbonyl (C=O) groups is 1. The summed E-state index contributed by atoms with van der Waals surface area (Å²) >= 11 is 0. The molecule has 0 radical (unpaired) electrons. The number of benzene rings is 2. The summed E-state index contributed by atoms with van der Waals surface area (Å²) in [5.74, 6) is 0.982. The Hall–Kier alpha value is -2.17. The van der Waals surface area contributed by atoms with Crippen LogP contribution in [0.4, 0.5) is 5.69 Å². The molecular formula is C26H36IN5O2. The number of halogens is 1. The Morgan fingerprint density at radius 2 is 1.79 bits per heavy atom. The molecule has 2 aromatic carbocycles. The van der Waals surface area contributed by atoms with Crippen LogP contribution >= 0.6 is 24.0 Å². The Morgan fingerprint density at radius 1 is 1.06 bits per heavy atom. The van der Waals surface area contributed by atoms with E-state index in [2.05, 4.69) is 63.8 Å². The van der Waals surface area contributed by atoms with Gasteiger partial charge in [-0.25, -0.2) is 0 Å². The van der Waals surface area contributed by atoms with Crippen molar-refractivity contribution < 1.29 is 9.53 Å². The highest BCUT2D eigenvalue weighted by molar-refractivity contribution is 14.0. The van der Waals surface area contributed by atoms with Gasteiger partial charge >= 0.3 is 0 Å². The van der Waals surface area contributed by atoms with Crippen LogP contribution in [0.25, 0.3) is 0 Å². The second-order valence-corrected chi connectivity index (χ2v) is 8.83. The fourth-order valence-electron chi connectivity index (χ4n) is 4.44. The molecule has 2 N–H and O–H groups in total. The van der Waals surface area contributed by atoms with Gasteiger partial charge in [-0.05, 0) is 42.2 Å². The quantitative estimate of drug-likeness (QED) is 0.300. The molecule has 0 saturated carbocycles. The molecule has 2 aliphatic rings. The van der Waals surface area contributed by atoms with Gasteiger partial charge in [-0.2, -0.15) is 0 Å². The summed E-state index contributed by atoms with van der Waals surface area (Å²) < 4.78 is 5.65. The highest BCUT2D eigenvalue weighted by atomic mass is 127. The number of nitrogens with one attached hydrogen (secondary N) is 2. The van der Waals surface area contributed by atoms with Crippen molar-refractivity contribution in [3.05, 3.63) is 65.2 Å². The van der Waals surface area contributed by atoms with E-state index in [1.54, 1.807) is 7.05 Å². The van der Waals surface area contributed by atoms with Crippen LogP contribution in [-0.4, -0.2) is 56.2 Å². The Bertz CT molecular complexity index is 966. The van der Waals surface area contributed by atoms with Crippen molar-refractivity contribution in [3.63, 3.8) is 0 Å². The van der Waals surface area contributed by atoms with Crippen molar-refractivity contribution in [2.75, 3.05) is 38.2 Å². The lowest BCUT2D eigenvalue weighted by Crippen LogP contribution is -2.40. The normalized spacial score (nSPS) is 19.1. The number of morpholine rings is 1. The number of rotatable bonds is 7. The van der Waals surface area contributed by atoms with E-state index in [9.17, 15) is 4.79 Å². The first kappa shape index (κ1) is 26.4. The van der Waals surface area contributed by atoms with Crippen molar-refractivity contribution in [2.24, 2.45) is 4.99 Å². The molecule has 4 rings (SSSR count). The molecule has 34 heavy (non-hydrogen) atoms. The van der Waals surface area contributed by atoms with E-state index in [-0.39, 0.29) is 29.9 Å². The maximum Gasteiger partial charge on any atom is 0.227 e. The molecular weight excluding hydrogens is 541 g/mol. The first-order valence-corrected chi connectivity index (χ1v) is 11.9. The monoisotopic (exact) mass is 577 g/mol. The van der Waals surface area contributed by atoms with Gasteiger partial charge in [0.1, 0.15) is 0 Å². The van der Waals surface area contributed by atoms with Crippen molar-refractivity contribution in [3.8, 4) is 0 Å². The van der Waals surface area contributed by atoms with E-state index >= 15 is 0 Å². The molecule has 1 atom stereocenters. The minimum atomic E-state index is 0. The van der Waals surface area contributed by atoms with Crippen molar-refractivity contribution in [1.29, 1.82) is 0 Å². The van der Waals surface area contributed by atoms with Gasteiger partial charge in [-0.1, -0.05) is 36.4 Å². The molecule has 0 bridgehead atoms. The average molecular weight is 578 g/mol. The molecule has 0 aromatic heterocycles. The summed E-state index contributed by atoms with van der Waals surface area (Å²) in [5, 5.41) is 6.78. The maximum absolute atomic E-state index is 11.9. The maximum atomic E-state index is 11.9. The summed E-state index contributed by atoms with van der Waals surface area (Å²) in [6, 6.07) is 16.9. The molecule has 2 heterocycles. The van der Waals surface area contributed by atoms with Crippen LogP contribution in [0.2, 0.25) is 0 Å². The Balaban J connectivity index is 0.00000324. The van der Waals surface area contributed by atoms with E-state index in [4.69, 9.17) is 4.74 Å². The summed E-state index contributed by atoms with van der Waals surface area (Å²) in [6.45, 7) is 8.06. The zero-order chi connectivity index (χ0) is 23.0. The summed E-state index contributed by atoms with van der Waals surface area (Å²) in [4.78, 5) is 20.6. The van der Waals surface area contributed by atoms with Gasteiger partial charge in [0.2, 0.25) is 5.91 Å². The van der Waals surface area contributed by atoms with E-state index in [0.717, 1.165) is 56.4 Å². The van der Waals surface area contributed by atoms with E-state index in [1.807, 2.05) is 17.0 Å². The molecule has 1 unspecified atom stereocenters. The molecule has 2 fully saturated rings. The number of carbonyl (C=O) groups excluding carboxylic acids is 1. The predicted octanol–water partition coefficient (Wildman–Crippen LogP) is 3.52. The Kier molecular flexibility index (Phi) is 10.2. The van der Waals surface area contributed by atoms with E-state index in [1.165, 1.54) is 11.1 Å². The third-order valence-corrected chi connectivity index (χ3v) is 6.19. The summed E-state index contributed by atoms with van der Waals surface area (Å²) in [5.41, 5.74) is 4.68. The second kappa shape index (κ2) is 13.1. The fourth-order valence-corrected chi connectivity index (χ4v) is 4.44. The number of hydrogen-bond acceptors (Lipinski definition) is 4. The van der Waals surface area contributed by atoms with E-state index in [0.29, 0.717) is 25.6 Å². The molecule has 8 heteroatoms. The van der Waals surface area contributed by atoms with Crippen molar-refractivity contribution >= 4 is 41.5 Å². The molecule has 2 aromatic rings. The topological polar surface area (TPSA) is 69.2 Å². The van der Waals surface area contributed by atoms with Crippen molar-refractivity contribution in [2.45, 2.75) is 45.5 Å². The minimum absolute atomic E-state index is 0. The first-order valence-electron chi connectivity index (χ1n) is 11.9. The number of hydrogen-bond donors (Lipinski definition) is 2.